The van der Waals surface area contributed by atoms with E-state index in [9.17, 15) is 0 Å². The molecule has 0 heteroatoms. The third-order valence-corrected chi connectivity index (χ3v) is 6.20. The van der Waals surface area contributed by atoms with Gasteiger partial charge in [0.2, 0.25) is 0 Å². The average molecular weight is 190 g/mol. The van der Waals surface area contributed by atoms with Gasteiger partial charge in [0.1, 0.15) is 0 Å². The third-order valence-electron chi connectivity index (χ3n) is 6.20. The summed E-state index contributed by atoms with van der Waals surface area (Å²) in [5.41, 5.74) is 0. The van der Waals surface area contributed by atoms with Crippen molar-refractivity contribution in [2.45, 2.75) is 51.4 Å². The van der Waals surface area contributed by atoms with Gasteiger partial charge < -0.3 is 0 Å². The highest BCUT2D eigenvalue weighted by atomic mass is 14.6. The summed E-state index contributed by atoms with van der Waals surface area (Å²) in [4.78, 5) is 0. The summed E-state index contributed by atoms with van der Waals surface area (Å²) in [5, 5.41) is 0. The van der Waals surface area contributed by atoms with Gasteiger partial charge in [0.25, 0.3) is 0 Å². The molecule has 4 rings (SSSR count). The van der Waals surface area contributed by atoms with Gasteiger partial charge in [-0.2, -0.15) is 0 Å². The summed E-state index contributed by atoms with van der Waals surface area (Å²) in [7, 11) is 0. The lowest BCUT2D eigenvalue weighted by Crippen LogP contribution is -2.25. The molecule has 4 aliphatic carbocycles. The predicted molar refractivity (Wildman–Crippen MR) is 57.9 cm³/mol. The number of rotatable bonds is 0. The van der Waals surface area contributed by atoms with Gasteiger partial charge in [0.15, 0.2) is 0 Å². The molecule has 4 saturated carbocycles. The topological polar surface area (TPSA) is 0 Å². The average Bonchev–Trinajstić information content (AvgIpc) is 2.88. The molecule has 0 N–H and O–H groups in total. The Labute approximate surface area is 87.5 Å². The number of hydrogen-bond acceptors (Lipinski definition) is 0. The van der Waals surface area contributed by atoms with Crippen LogP contribution < -0.4 is 0 Å². The first-order chi connectivity index (χ1) is 6.93. The van der Waals surface area contributed by atoms with Crippen molar-refractivity contribution in [2.24, 2.45) is 35.5 Å². The van der Waals surface area contributed by atoms with Crippen molar-refractivity contribution < 1.29 is 0 Å². The summed E-state index contributed by atoms with van der Waals surface area (Å²) in [5.74, 6) is 7.20. The van der Waals surface area contributed by atoms with Crippen molar-refractivity contribution in [2.75, 3.05) is 0 Å². The third kappa shape index (κ3) is 0.907. The normalized spacial score (nSPS) is 60.0. The molecule has 2 bridgehead atoms. The fourth-order valence-electron chi connectivity index (χ4n) is 5.86. The Kier molecular flexibility index (Phi) is 1.62. The van der Waals surface area contributed by atoms with Crippen LogP contribution in [0, 0.1) is 35.5 Å². The van der Waals surface area contributed by atoms with Crippen LogP contribution in [0.15, 0.2) is 0 Å². The largest absolute Gasteiger partial charge is 0.0530 e. The minimum atomic E-state index is 1.18. The maximum absolute atomic E-state index is 1.65. The summed E-state index contributed by atoms with van der Waals surface area (Å²) < 4.78 is 0. The molecule has 4 aliphatic rings. The molecule has 0 radical (unpaired) electrons. The van der Waals surface area contributed by atoms with E-state index >= 15 is 0 Å². The molecule has 0 heterocycles. The number of hydrogen-bond donors (Lipinski definition) is 0. The second kappa shape index (κ2) is 2.77. The smallest absolute Gasteiger partial charge is 0.0324 e. The lowest BCUT2D eigenvalue weighted by atomic mass is 9.73. The van der Waals surface area contributed by atoms with E-state index in [0.29, 0.717) is 0 Å². The molecule has 0 nitrogen and oxygen atoms in total. The maximum Gasteiger partial charge on any atom is -0.0324 e. The Morgan fingerprint density at radius 3 is 2.36 bits per heavy atom. The van der Waals surface area contributed by atoms with Gasteiger partial charge in [-0.25, -0.2) is 0 Å². The highest BCUT2D eigenvalue weighted by molar-refractivity contribution is 5.05. The van der Waals surface area contributed by atoms with Gasteiger partial charge >= 0.3 is 0 Å². The Morgan fingerprint density at radius 2 is 1.36 bits per heavy atom. The molecule has 14 heavy (non-hydrogen) atoms. The van der Waals surface area contributed by atoms with E-state index in [1.165, 1.54) is 35.5 Å². The minimum Gasteiger partial charge on any atom is -0.0530 e. The highest BCUT2D eigenvalue weighted by Crippen LogP contribution is 2.64. The zero-order valence-electron chi connectivity index (χ0n) is 9.12. The van der Waals surface area contributed by atoms with Gasteiger partial charge in [-0.15, -0.1) is 0 Å². The van der Waals surface area contributed by atoms with Crippen molar-refractivity contribution >= 4 is 0 Å². The molecule has 78 valence electrons. The van der Waals surface area contributed by atoms with Crippen molar-refractivity contribution in [1.29, 1.82) is 0 Å². The van der Waals surface area contributed by atoms with Crippen LogP contribution >= 0.6 is 0 Å². The first-order valence-corrected chi connectivity index (χ1v) is 6.93. The Balaban J connectivity index is 1.65. The maximum atomic E-state index is 1.65. The van der Waals surface area contributed by atoms with Crippen molar-refractivity contribution in [3.8, 4) is 0 Å². The quantitative estimate of drug-likeness (QED) is 0.544. The lowest BCUT2D eigenvalue weighted by molar-refractivity contribution is 0.168. The first-order valence-electron chi connectivity index (χ1n) is 6.93. The van der Waals surface area contributed by atoms with Crippen LogP contribution in [0.5, 0.6) is 0 Å². The van der Waals surface area contributed by atoms with E-state index < -0.39 is 0 Å². The van der Waals surface area contributed by atoms with Crippen LogP contribution in [-0.2, 0) is 0 Å². The Morgan fingerprint density at radius 1 is 0.571 bits per heavy atom. The minimum absolute atomic E-state index is 1.18. The molecule has 0 aromatic heterocycles. The molecule has 0 aromatic carbocycles. The van der Waals surface area contributed by atoms with Gasteiger partial charge in [-0.3, -0.25) is 0 Å². The lowest BCUT2D eigenvalue weighted by Gasteiger charge is -2.32. The second-order valence-electron chi connectivity index (χ2n) is 6.52. The van der Waals surface area contributed by atoms with E-state index in [1.807, 2.05) is 0 Å². The van der Waals surface area contributed by atoms with Crippen LogP contribution in [0.1, 0.15) is 51.4 Å². The molecule has 0 aromatic rings. The Hall–Kier alpha value is 0. The summed E-state index contributed by atoms with van der Waals surface area (Å²) in [6.07, 6.45) is 12.8. The van der Waals surface area contributed by atoms with E-state index in [2.05, 4.69) is 0 Å². The molecular formula is C14H22. The monoisotopic (exact) mass is 190 g/mol. The fraction of sp³-hybridized carbons (Fsp3) is 1.00. The molecule has 6 atom stereocenters. The molecule has 0 spiro atoms. The Bertz CT molecular complexity index is 244. The second-order valence-corrected chi connectivity index (χ2v) is 6.52. The molecule has 0 aliphatic heterocycles. The standard InChI is InChI=1S/C14H22/c1-2-4-12-9(3-1)8-13-10-5-6-11(7-10)14(12)13/h9-14H,1-8H2/t9-,10-,11+,12-,13+,14+/m0/s1. The van der Waals surface area contributed by atoms with E-state index in [4.69, 9.17) is 0 Å². The molecular weight excluding hydrogens is 168 g/mol. The molecule has 0 unspecified atom stereocenters. The zero-order chi connectivity index (χ0) is 9.12. The van der Waals surface area contributed by atoms with Gasteiger partial charge in [0, 0.05) is 0 Å². The van der Waals surface area contributed by atoms with Gasteiger partial charge in [0.05, 0.1) is 0 Å². The van der Waals surface area contributed by atoms with Crippen molar-refractivity contribution in [3.05, 3.63) is 0 Å². The van der Waals surface area contributed by atoms with Crippen LogP contribution in [0.3, 0.4) is 0 Å². The summed E-state index contributed by atoms with van der Waals surface area (Å²) >= 11 is 0. The number of fused-ring (bicyclic) bond motifs is 7. The van der Waals surface area contributed by atoms with Gasteiger partial charge in [-0.1, -0.05) is 19.3 Å². The molecule has 4 fully saturated rings. The van der Waals surface area contributed by atoms with E-state index in [1.54, 1.807) is 51.4 Å². The molecule has 0 amide bonds. The van der Waals surface area contributed by atoms with Gasteiger partial charge in [-0.05, 0) is 67.6 Å². The summed E-state index contributed by atoms with van der Waals surface area (Å²) in [6, 6.07) is 0. The molecule has 0 saturated heterocycles. The van der Waals surface area contributed by atoms with Crippen LogP contribution in [-0.4, -0.2) is 0 Å². The fourth-order valence-corrected chi connectivity index (χ4v) is 5.86. The van der Waals surface area contributed by atoms with E-state index in [0.717, 1.165) is 0 Å². The van der Waals surface area contributed by atoms with Crippen molar-refractivity contribution in [3.63, 3.8) is 0 Å². The van der Waals surface area contributed by atoms with Crippen LogP contribution in [0.25, 0.3) is 0 Å². The first kappa shape index (κ1) is 8.19. The van der Waals surface area contributed by atoms with Crippen LogP contribution in [0.2, 0.25) is 0 Å². The van der Waals surface area contributed by atoms with E-state index in [-0.39, 0.29) is 0 Å². The highest BCUT2D eigenvalue weighted by Gasteiger charge is 2.56. The summed E-state index contributed by atoms with van der Waals surface area (Å²) in [6.45, 7) is 0. The van der Waals surface area contributed by atoms with Crippen molar-refractivity contribution in [1.82, 2.24) is 0 Å². The predicted octanol–water partition coefficient (Wildman–Crippen LogP) is 3.86. The van der Waals surface area contributed by atoms with Crippen LogP contribution in [0.4, 0.5) is 0 Å². The SMILES string of the molecule is C1CC[C@H]2[C@@H](C1)C[C@@H]1[C@H]3CC[C@H](C3)[C@@H]12. The zero-order valence-corrected chi connectivity index (χ0v) is 9.12.